The van der Waals surface area contributed by atoms with Crippen LogP contribution in [0.4, 0.5) is 0 Å². The van der Waals surface area contributed by atoms with E-state index in [2.05, 4.69) is 79.2 Å². The zero-order chi connectivity index (χ0) is 35.5. The van der Waals surface area contributed by atoms with Gasteiger partial charge in [-0.25, -0.2) is 4.79 Å². The van der Waals surface area contributed by atoms with E-state index in [0.29, 0.717) is 12.8 Å². The van der Waals surface area contributed by atoms with E-state index in [0.717, 1.165) is 64.2 Å². The minimum Gasteiger partial charge on any atom is -0.480 e. The molecule has 0 fully saturated rings. The lowest BCUT2D eigenvalue weighted by molar-refractivity contribution is -0.146. The summed E-state index contributed by atoms with van der Waals surface area (Å²) in [5, 5.41) is 22.4. The summed E-state index contributed by atoms with van der Waals surface area (Å²) in [7, 11) is 0. The number of carbonyl (C=O) groups is 4. The number of allylic oxidation sites excluding steroid dienone is 10. The molecule has 0 aliphatic rings. The number of hydrogen-bond donors (Lipinski definition) is 4. The number of ether oxygens (including phenoxy) is 1. The van der Waals surface area contributed by atoms with E-state index in [1.807, 2.05) is 18.2 Å². The summed E-state index contributed by atoms with van der Waals surface area (Å²) in [6.07, 6.45) is 39.7. The number of amides is 2. The molecule has 0 saturated heterocycles. The summed E-state index contributed by atoms with van der Waals surface area (Å²) >= 11 is 0. The second kappa shape index (κ2) is 33.2. The van der Waals surface area contributed by atoms with Gasteiger partial charge in [0.15, 0.2) is 0 Å². The number of esters is 1. The van der Waals surface area contributed by atoms with Gasteiger partial charge in [-0.1, -0.05) is 113 Å². The van der Waals surface area contributed by atoms with Crippen molar-refractivity contribution in [3.8, 4) is 0 Å². The van der Waals surface area contributed by atoms with Crippen LogP contribution in [0, 0.1) is 0 Å². The average molecular weight is 671 g/mol. The lowest BCUT2D eigenvalue weighted by atomic mass is 10.1. The van der Waals surface area contributed by atoms with Gasteiger partial charge in [0.05, 0.1) is 19.6 Å². The van der Waals surface area contributed by atoms with Gasteiger partial charge in [0, 0.05) is 6.42 Å². The zero-order valence-corrected chi connectivity index (χ0v) is 29.5. The second-order valence-electron chi connectivity index (χ2n) is 11.6. The first-order valence-corrected chi connectivity index (χ1v) is 17.8. The fourth-order valence-electron chi connectivity index (χ4n) is 4.46. The molecule has 0 aromatic rings. The molecule has 48 heavy (non-hydrogen) atoms. The lowest BCUT2D eigenvalue weighted by Gasteiger charge is -2.14. The summed E-state index contributed by atoms with van der Waals surface area (Å²) < 4.78 is 5.78. The molecule has 0 aromatic heterocycles. The van der Waals surface area contributed by atoms with E-state index >= 15 is 0 Å². The van der Waals surface area contributed by atoms with Crippen LogP contribution in [0.25, 0.3) is 0 Å². The molecule has 4 N–H and O–H groups in total. The van der Waals surface area contributed by atoms with Gasteiger partial charge in [-0.2, -0.15) is 0 Å². The predicted octanol–water partition coefficient (Wildman–Crippen LogP) is 7.58. The van der Waals surface area contributed by atoms with Crippen molar-refractivity contribution in [1.82, 2.24) is 10.6 Å². The van der Waals surface area contributed by atoms with E-state index in [4.69, 9.17) is 14.9 Å². The first kappa shape index (κ1) is 44.3. The van der Waals surface area contributed by atoms with Gasteiger partial charge in [-0.3, -0.25) is 14.4 Å². The highest BCUT2D eigenvalue weighted by Crippen LogP contribution is 2.13. The monoisotopic (exact) mass is 670 g/mol. The van der Waals surface area contributed by atoms with Gasteiger partial charge in [0.2, 0.25) is 11.8 Å². The average Bonchev–Trinajstić information content (AvgIpc) is 3.07. The van der Waals surface area contributed by atoms with Crippen LogP contribution in [-0.2, 0) is 23.9 Å². The molecular formula is C39H62N2O7. The van der Waals surface area contributed by atoms with Crippen LogP contribution in [0.1, 0.15) is 123 Å². The number of aliphatic hydroxyl groups is 1. The molecule has 9 nitrogen and oxygen atoms in total. The fraction of sp³-hybridized carbons (Fsp3) is 0.590. The van der Waals surface area contributed by atoms with E-state index < -0.39 is 24.5 Å². The molecule has 0 aliphatic heterocycles. The number of carboxylic acid groups (broad SMARTS) is 1. The normalized spacial score (nSPS) is 13.4. The van der Waals surface area contributed by atoms with Crippen LogP contribution in [0.3, 0.4) is 0 Å². The Balaban J connectivity index is 4.40. The topological polar surface area (TPSA) is 142 Å². The van der Waals surface area contributed by atoms with Crippen molar-refractivity contribution in [1.29, 1.82) is 0 Å². The highest BCUT2D eigenvalue weighted by molar-refractivity contribution is 5.87. The third kappa shape index (κ3) is 29.7. The highest BCUT2D eigenvalue weighted by atomic mass is 16.5. The molecule has 0 radical (unpaired) electrons. The molecule has 270 valence electrons. The third-order valence-electron chi connectivity index (χ3n) is 7.20. The zero-order valence-electron chi connectivity index (χ0n) is 29.5. The predicted molar refractivity (Wildman–Crippen MR) is 194 cm³/mol. The molecule has 2 atom stereocenters. The second-order valence-corrected chi connectivity index (χ2v) is 11.6. The Bertz CT molecular complexity index is 1040. The number of carboxylic acids is 1. The number of unbranched alkanes of at least 4 members (excludes halogenated alkanes) is 7. The fourth-order valence-corrected chi connectivity index (χ4v) is 4.46. The first-order chi connectivity index (χ1) is 23.3. The molecule has 0 spiro atoms. The van der Waals surface area contributed by atoms with Crippen molar-refractivity contribution >= 4 is 23.8 Å². The standard InChI is InChI=1S/C39H62N2O7/c1-3-5-7-9-11-12-13-14-15-16-17-18-19-21-27-31-38(45)48-34(28-24-20-10-8-6-4-2)29-25-22-23-26-30-36(43)40-32-37(44)41-35(33-42)39(46)47/h5,7,11-12,14-15,17-18,21,24,27-28,34-35,42H,3-4,6,8-10,13,16,19-20,22-23,25-26,29-33H2,1-2H3,(H,40,43)(H,41,44)(H,46,47)/b7-5-,12-11-,15-14-,18-17-,27-21-,28-24-. The molecule has 9 heteroatoms. The minimum atomic E-state index is -1.40. The van der Waals surface area contributed by atoms with Crippen molar-refractivity contribution in [2.45, 2.75) is 135 Å². The van der Waals surface area contributed by atoms with E-state index in [1.54, 1.807) is 0 Å². The van der Waals surface area contributed by atoms with Gasteiger partial charge >= 0.3 is 11.9 Å². The SMILES string of the molecule is CC/C=C\C/C=C\C/C=C\C/C=C\C/C=C\CC(=O)OC(/C=C\CCCCCC)CCCCCCC(=O)NCC(=O)NC(CO)C(=O)O. The summed E-state index contributed by atoms with van der Waals surface area (Å²) in [6, 6.07) is -1.40. The molecule has 0 bridgehead atoms. The van der Waals surface area contributed by atoms with Crippen molar-refractivity contribution < 1.29 is 34.1 Å². The molecule has 0 aromatic carbocycles. The maximum Gasteiger partial charge on any atom is 0.328 e. The molecule has 0 heterocycles. The Kier molecular flexibility index (Phi) is 30.6. The highest BCUT2D eigenvalue weighted by Gasteiger charge is 2.18. The van der Waals surface area contributed by atoms with Crippen LogP contribution in [-0.4, -0.2) is 59.3 Å². The maximum absolute atomic E-state index is 12.5. The number of aliphatic hydroxyl groups excluding tert-OH is 1. The first-order valence-electron chi connectivity index (χ1n) is 17.8. The third-order valence-corrected chi connectivity index (χ3v) is 7.20. The molecule has 0 rings (SSSR count). The Morgan fingerprint density at radius 1 is 0.688 bits per heavy atom. The van der Waals surface area contributed by atoms with Crippen LogP contribution in [0.5, 0.6) is 0 Å². The quantitative estimate of drug-likeness (QED) is 0.0351. The minimum absolute atomic E-state index is 0.235. The summed E-state index contributed by atoms with van der Waals surface area (Å²) in [5.74, 6) is -2.56. The largest absolute Gasteiger partial charge is 0.480 e. The van der Waals surface area contributed by atoms with Crippen molar-refractivity contribution in [3.05, 3.63) is 72.9 Å². The van der Waals surface area contributed by atoms with Gasteiger partial charge in [-0.05, 0) is 70.3 Å². The molecular weight excluding hydrogens is 608 g/mol. The van der Waals surface area contributed by atoms with Crippen molar-refractivity contribution in [3.63, 3.8) is 0 Å². The Morgan fingerprint density at radius 2 is 1.27 bits per heavy atom. The lowest BCUT2D eigenvalue weighted by Crippen LogP contribution is -2.47. The molecule has 0 aliphatic carbocycles. The van der Waals surface area contributed by atoms with Gasteiger partial charge in [0.1, 0.15) is 12.1 Å². The van der Waals surface area contributed by atoms with Crippen molar-refractivity contribution in [2.75, 3.05) is 13.2 Å². The van der Waals surface area contributed by atoms with Gasteiger partial charge in [0.25, 0.3) is 0 Å². The van der Waals surface area contributed by atoms with Crippen molar-refractivity contribution in [2.24, 2.45) is 0 Å². The number of rotatable bonds is 30. The molecule has 2 amide bonds. The van der Waals surface area contributed by atoms with Crippen LogP contribution < -0.4 is 10.6 Å². The summed E-state index contributed by atoms with van der Waals surface area (Å²) in [6.45, 7) is 3.25. The van der Waals surface area contributed by atoms with E-state index in [9.17, 15) is 19.2 Å². The van der Waals surface area contributed by atoms with E-state index in [1.165, 1.54) is 19.3 Å². The Hall–Kier alpha value is -3.72. The van der Waals surface area contributed by atoms with E-state index in [-0.39, 0.29) is 37.4 Å². The summed E-state index contributed by atoms with van der Waals surface area (Å²) in [5.41, 5.74) is 0. The Morgan fingerprint density at radius 3 is 1.85 bits per heavy atom. The smallest absolute Gasteiger partial charge is 0.328 e. The van der Waals surface area contributed by atoms with Crippen LogP contribution in [0.15, 0.2) is 72.9 Å². The number of nitrogens with one attached hydrogen (secondary N) is 2. The summed E-state index contributed by atoms with van der Waals surface area (Å²) in [4.78, 5) is 47.2. The van der Waals surface area contributed by atoms with Gasteiger partial charge in [-0.15, -0.1) is 0 Å². The number of carbonyl (C=O) groups excluding carboxylic acids is 3. The van der Waals surface area contributed by atoms with Crippen LogP contribution >= 0.6 is 0 Å². The number of hydrogen-bond acceptors (Lipinski definition) is 6. The Labute approximate surface area is 289 Å². The molecule has 0 saturated carbocycles. The number of aliphatic carboxylic acids is 1. The molecule has 2 unspecified atom stereocenters. The van der Waals surface area contributed by atoms with Gasteiger partial charge < -0.3 is 25.6 Å². The van der Waals surface area contributed by atoms with Crippen LogP contribution in [0.2, 0.25) is 0 Å². The maximum atomic E-state index is 12.5.